The van der Waals surface area contributed by atoms with Crippen molar-refractivity contribution >= 4 is 61.8 Å². The zero-order chi connectivity index (χ0) is 23.6. The van der Waals surface area contributed by atoms with E-state index in [-0.39, 0.29) is 27.2 Å². The van der Waals surface area contributed by atoms with E-state index in [0.29, 0.717) is 27.0 Å². The molecule has 13 heteroatoms. The van der Waals surface area contributed by atoms with Gasteiger partial charge in [-0.1, -0.05) is 11.8 Å². The third-order valence-corrected chi connectivity index (χ3v) is 6.91. The van der Waals surface area contributed by atoms with E-state index >= 15 is 0 Å². The second-order valence-electron chi connectivity index (χ2n) is 6.83. The Morgan fingerprint density at radius 2 is 2.06 bits per heavy atom. The van der Waals surface area contributed by atoms with Gasteiger partial charge in [-0.3, -0.25) is 14.2 Å². The van der Waals surface area contributed by atoms with Crippen LogP contribution in [0.4, 0.5) is 5.00 Å². The lowest BCUT2D eigenvalue weighted by atomic mass is 10.1. The molecule has 3 N–H and O–H groups in total. The molecule has 0 bridgehead atoms. The number of amides is 2. The second kappa shape index (κ2) is 9.88. The number of carbonyl (C=O) groups is 3. The molecule has 0 atom stereocenters. The summed E-state index contributed by atoms with van der Waals surface area (Å²) >= 11 is 5.39. The van der Waals surface area contributed by atoms with Crippen LogP contribution in [-0.4, -0.2) is 45.4 Å². The van der Waals surface area contributed by atoms with Crippen LogP contribution in [-0.2, 0) is 9.53 Å². The van der Waals surface area contributed by atoms with Crippen molar-refractivity contribution in [1.29, 1.82) is 0 Å². The minimum Gasteiger partial charge on any atom is -0.465 e. The molecule has 32 heavy (non-hydrogen) atoms. The maximum Gasteiger partial charge on any atom is 0.341 e. The Kier molecular flexibility index (Phi) is 7.41. The van der Waals surface area contributed by atoms with E-state index in [4.69, 9.17) is 14.9 Å². The fraction of sp³-hybridized carbons (Fsp3) is 0.316. The molecule has 10 nitrogen and oxygen atoms in total. The molecule has 0 spiro atoms. The number of hydrogen-bond donors (Lipinski definition) is 2. The summed E-state index contributed by atoms with van der Waals surface area (Å²) in [6.07, 6.45) is 0. The Hall–Kier alpha value is -2.64. The Morgan fingerprint density at radius 1 is 1.34 bits per heavy atom. The molecular formula is C19H20BrN5O5S2. The zero-order valence-corrected chi connectivity index (χ0v) is 20.8. The molecule has 0 unspecified atom stereocenters. The molecule has 3 heterocycles. The van der Waals surface area contributed by atoms with E-state index in [0.717, 1.165) is 11.3 Å². The van der Waals surface area contributed by atoms with Crippen molar-refractivity contribution in [3.8, 4) is 11.6 Å². The summed E-state index contributed by atoms with van der Waals surface area (Å²) < 4.78 is 12.8. The molecule has 0 aromatic carbocycles. The van der Waals surface area contributed by atoms with Gasteiger partial charge in [-0.25, -0.2) is 4.79 Å². The zero-order valence-electron chi connectivity index (χ0n) is 17.6. The number of furan rings is 1. The number of nitrogens with zero attached hydrogens (tertiary/aromatic N) is 3. The van der Waals surface area contributed by atoms with Crippen LogP contribution < -0.4 is 11.1 Å². The second-order valence-corrected chi connectivity index (χ2v) is 9.57. The van der Waals surface area contributed by atoms with Gasteiger partial charge in [0.15, 0.2) is 15.6 Å². The Labute approximate surface area is 200 Å². The van der Waals surface area contributed by atoms with Gasteiger partial charge in [0.05, 0.1) is 23.3 Å². The molecule has 0 radical (unpaired) electrons. The summed E-state index contributed by atoms with van der Waals surface area (Å²) in [6.45, 7) is 5.52. The van der Waals surface area contributed by atoms with Crippen molar-refractivity contribution in [2.45, 2.75) is 32.0 Å². The molecule has 0 aliphatic rings. The number of aromatic nitrogens is 3. The summed E-state index contributed by atoms with van der Waals surface area (Å²) in [6, 6.07) is 3.55. The predicted octanol–water partition coefficient (Wildman–Crippen LogP) is 3.87. The minimum absolute atomic E-state index is 0.00380. The van der Waals surface area contributed by atoms with Crippen LogP contribution >= 0.6 is 39.0 Å². The van der Waals surface area contributed by atoms with Crippen molar-refractivity contribution in [3.63, 3.8) is 0 Å². The number of halogens is 1. The first-order chi connectivity index (χ1) is 15.1. The predicted molar refractivity (Wildman–Crippen MR) is 124 cm³/mol. The number of esters is 1. The minimum atomic E-state index is -0.686. The summed E-state index contributed by atoms with van der Waals surface area (Å²) in [4.78, 5) is 36.6. The van der Waals surface area contributed by atoms with E-state index in [1.165, 1.54) is 18.9 Å². The van der Waals surface area contributed by atoms with E-state index in [9.17, 15) is 14.4 Å². The highest BCUT2D eigenvalue weighted by Crippen LogP contribution is 2.34. The maximum absolute atomic E-state index is 12.6. The van der Waals surface area contributed by atoms with Crippen molar-refractivity contribution in [3.05, 3.63) is 32.8 Å². The fourth-order valence-electron chi connectivity index (χ4n) is 2.92. The first-order valence-electron chi connectivity index (χ1n) is 9.28. The van der Waals surface area contributed by atoms with Gasteiger partial charge in [-0.15, -0.1) is 21.5 Å². The number of methoxy groups -OCH3 is 1. The van der Waals surface area contributed by atoms with E-state index < -0.39 is 17.8 Å². The van der Waals surface area contributed by atoms with Gasteiger partial charge in [0.25, 0.3) is 5.91 Å². The number of hydrogen-bond acceptors (Lipinski definition) is 9. The number of nitrogens with one attached hydrogen (secondary N) is 1. The van der Waals surface area contributed by atoms with E-state index in [1.54, 1.807) is 19.1 Å². The Morgan fingerprint density at radius 3 is 2.62 bits per heavy atom. The highest BCUT2D eigenvalue weighted by molar-refractivity contribution is 9.10. The summed E-state index contributed by atoms with van der Waals surface area (Å²) in [5.74, 6) is -0.654. The lowest BCUT2D eigenvalue weighted by Crippen LogP contribution is -2.16. The van der Waals surface area contributed by atoms with Crippen molar-refractivity contribution in [1.82, 2.24) is 14.8 Å². The lowest BCUT2D eigenvalue weighted by Gasteiger charge is -2.12. The van der Waals surface area contributed by atoms with Gasteiger partial charge < -0.3 is 20.2 Å². The number of nitrogens with two attached hydrogens (primary N) is 1. The average molecular weight is 542 g/mol. The summed E-state index contributed by atoms with van der Waals surface area (Å²) in [7, 11) is 1.22. The van der Waals surface area contributed by atoms with Gasteiger partial charge >= 0.3 is 5.97 Å². The fourth-order valence-corrected chi connectivity index (χ4v) is 5.16. The van der Waals surface area contributed by atoms with Crippen molar-refractivity contribution in [2.75, 3.05) is 18.2 Å². The maximum atomic E-state index is 12.6. The normalized spacial score (nSPS) is 11.1. The van der Waals surface area contributed by atoms with Gasteiger partial charge in [-0.05, 0) is 54.4 Å². The van der Waals surface area contributed by atoms with E-state index in [2.05, 4.69) is 31.4 Å². The third kappa shape index (κ3) is 4.89. The number of primary amides is 1. The van der Waals surface area contributed by atoms with E-state index in [1.807, 2.05) is 18.4 Å². The molecule has 3 aromatic heterocycles. The molecule has 170 valence electrons. The van der Waals surface area contributed by atoms with Crippen LogP contribution in [0.5, 0.6) is 0 Å². The quantitative estimate of drug-likeness (QED) is 0.323. The van der Waals surface area contributed by atoms with Gasteiger partial charge in [0.1, 0.15) is 5.00 Å². The summed E-state index contributed by atoms with van der Waals surface area (Å²) in [5.41, 5.74) is 5.85. The monoisotopic (exact) mass is 541 g/mol. The molecule has 3 rings (SSSR count). The standard InChI is InChI=1S/C19H20BrN5O5S2/c1-8(2)25-16(10-5-6-11(20)30-10)23-24-19(25)31-7-12(26)22-17-13(18(28)29-4)9(3)14(32-17)15(21)27/h5-6,8H,7H2,1-4H3,(H2,21,27)(H,22,26). The van der Waals surface area contributed by atoms with Crippen LogP contribution in [0.1, 0.15) is 45.5 Å². The Balaban J connectivity index is 1.79. The smallest absolute Gasteiger partial charge is 0.341 e. The number of anilines is 1. The largest absolute Gasteiger partial charge is 0.465 e. The first kappa shape index (κ1) is 24.0. The third-order valence-electron chi connectivity index (χ3n) is 4.32. The van der Waals surface area contributed by atoms with Crippen molar-refractivity contribution in [2.24, 2.45) is 5.73 Å². The molecule has 0 saturated heterocycles. The van der Waals surface area contributed by atoms with Crippen LogP contribution in [0.2, 0.25) is 0 Å². The molecular weight excluding hydrogens is 522 g/mol. The van der Waals surface area contributed by atoms with Gasteiger partial charge in [0.2, 0.25) is 11.7 Å². The summed E-state index contributed by atoms with van der Waals surface area (Å²) in [5, 5.41) is 11.8. The number of carbonyl (C=O) groups excluding carboxylic acids is 3. The first-order valence-corrected chi connectivity index (χ1v) is 11.9. The topological polar surface area (TPSA) is 142 Å². The number of ether oxygens (including phenoxy) is 1. The highest BCUT2D eigenvalue weighted by atomic mass is 79.9. The van der Waals surface area contributed by atoms with Crippen molar-refractivity contribution < 1.29 is 23.5 Å². The molecule has 0 aliphatic heterocycles. The molecule has 3 aromatic rings. The van der Waals surface area contributed by atoms with Crippen LogP contribution in [0.25, 0.3) is 11.6 Å². The molecule has 0 saturated carbocycles. The number of rotatable bonds is 8. The van der Waals surface area contributed by atoms with Crippen LogP contribution in [0.3, 0.4) is 0 Å². The molecule has 0 aliphatic carbocycles. The lowest BCUT2D eigenvalue weighted by molar-refractivity contribution is -0.113. The van der Waals surface area contributed by atoms with Gasteiger partial charge in [-0.2, -0.15) is 0 Å². The highest BCUT2D eigenvalue weighted by Gasteiger charge is 2.26. The SMILES string of the molecule is COC(=O)c1c(NC(=O)CSc2nnc(-c3ccc(Br)o3)n2C(C)C)sc(C(N)=O)c1C. The number of thioether (sulfide) groups is 1. The molecule has 0 fully saturated rings. The average Bonchev–Trinajstić information content (AvgIpc) is 3.42. The van der Waals surface area contributed by atoms with Crippen LogP contribution in [0.15, 0.2) is 26.4 Å². The number of thiophene rings is 1. The van der Waals surface area contributed by atoms with Crippen LogP contribution in [0, 0.1) is 6.92 Å². The van der Waals surface area contributed by atoms with Gasteiger partial charge in [0, 0.05) is 6.04 Å². The molecule has 2 amide bonds. The Bertz CT molecular complexity index is 1180.